The van der Waals surface area contributed by atoms with Gasteiger partial charge in [-0.1, -0.05) is 164 Å². The van der Waals surface area contributed by atoms with E-state index in [2.05, 4.69) is 15.4 Å². The third kappa shape index (κ3) is 11.8. The Morgan fingerprint density at radius 2 is 1.12 bits per heavy atom. The van der Waals surface area contributed by atoms with Gasteiger partial charge in [0, 0.05) is 0 Å². The molecule has 10 aromatic rings. The van der Waals surface area contributed by atoms with Crippen LogP contribution in [0.5, 0.6) is 5.75 Å². The predicted molar refractivity (Wildman–Crippen MR) is 324 cm³/mol. The number of aromatic carboxylic acids is 2. The SMILES string of the molecule is COc1ccc(C(Nc2ncnn3c([C@@H]4O[C@H](COCc5ccccc5)[C@@H](OCc5ccccc5)[C@@]4(C)OCc4ccccc4)cc(C(=O)O)c23)(c2ccccc2)c2ccccc2)cc1.C[C@@]1(O)[C@H](O)[C@@H](CO)O[C@H]1c1cc(C(=O)O)c2c(N)ncnn12.[H+]. The second kappa shape index (κ2) is 25.9. The number of methoxy groups -OCH3 is 1. The van der Waals surface area contributed by atoms with Crippen LogP contribution in [0.15, 0.2) is 201 Å². The molecule has 0 spiro atoms. The number of carboxylic acid groups (broad SMARTS) is 2. The summed E-state index contributed by atoms with van der Waals surface area (Å²) in [4.78, 5) is 33.5. The van der Waals surface area contributed by atoms with Crippen molar-refractivity contribution in [3.05, 3.63) is 257 Å². The van der Waals surface area contributed by atoms with Crippen molar-refractivity contribution in [3.63, 3.8) is 0 Å². The number of benzene rings is 6. The molecule has 0 aliphatic carbocycles. The number of nitrogen functional groups attached to an aromatic ring is 1. The summed E-state index contributed by atoms with van der Waals surface area (Å²) in [6.45, 7) is 3.84. The van der Waals surface area contributed by atoms with E-state index in [1.807, 2.05) is 183 Å². The van der Waals surface area contributed by atoms with Crippen LogP contribution < -0.4 is 15.8 Å². The first-order valence-electron chi connectivity index (χ1n) is 28.4. The lowest BCUT2D eigenvalue weighted by molar-refractivity contribution is -0.148. The van der Waals surface area contributed by atoms with Crippen molar-refractivity contribution in [3.8, 4) is 5.75 Å². The standard InChI is InChI=1S/C54H50N4O7.C13H16N4O6/c1-53(64-35-40-22-12-5-13-23-40)49(65-47(36-62-33-38-18-8-3-9-19-38)50(53)63-34-39-20-10-4-11-21-39)46-32-45(52(59)60)48-51(55-37-56-58(46)48)57-54(41-24-14-6-15-25-41,42-26-16-7-17-27-42)43-28-30-44(61-2)31-29-43;1-13(22)9(19)7(3-18)23-10(13)6-2-5(12(20)21)8-11(14)15-4-16-17(6)8/h3-32,37,47,49-50H,33-36H2,1-2H3,(H,59,60)(H,55,56,57);2,4,7,9-10,18-19,22H,3H2,1H3,(H,20,21)(H2,14,15,16)/p+1/t47-,49+,50-,53+;7-,9-,10+,13-/m11/s1. The summed E-state index contributed by atoms with van der Waals surface area (Å²) in [7, 11) is 1.63. The third-order valence-electron chi connectivity index (χ3n) is 16.2. The topological polar surface area (TPSA) is 289 Å². The second-order valence-corrected chi connectivity index (χ2v) is 21.8. The molecular weight excluding hydrogens is 1120 g/mol. The van der Waals surface area contributed by atoms with Crippen LogP contribution >= 0.6 is 0 Å². The van der Waals surface area contributed by atoms with Crippen molar-refractivity contribution in [1.29, 1.82) is 0 Å². The minimum Gasteiger partial charge on any atom is -0.497 e. The highest BCUT2D eigenvalue weighted by Crippen LogP contribution is 2.49. The van der Waals surface area contributed by atoms with Gasteiger partial charge in [-0.3, -0.25) is 0 Å². The lowest BCUT2D eigenvalue weighted by atomic mass is 9.77. The van der Waals surface area contributed by atoms with Crippen molar-refractivity contribution in [2.75, 3.05) is 31.4 Å². The number of hydrogen-bond donors (Lipinski definition) is 7. The van der Waals surface area contributed by atoms with Crippen molar-refractivity contribution in [1.82, 2.24) is 29.2 Å². The zero-order chi connectivity index (χ0) is 61.6. The van der Waals surface area contributed by atoms with Crippen LogP contribution in [0.1, 0.15) is 93.0 Å². The minimum atomic E-state index is -1.75. The molecule has 12 rings (SSSR count). The van der Waals surface area contributed by atoms with Gasteiger partial charge in [0.1, 0.15) is 82.8 Å². The molecule has 21 heteroatoms. The minimum absolute atomic E-state index is 0. The fourth-order valence-corrected chi connectivity index (χ4v) is 11.8. The molecule has 0 bridgehead atoms. The molecule has 452 valence electrons. The second-order valence-electron chi connectivity index (χ2n) is 21.8. The van der Waals surface area contributed by atoms with E-state index in [1.165, 1.54) is 23.8 Å². The molecule has 0 saturated carbocycles. The first-order valence-corrected chi connectivity index (χ1v) is 28.4. The first-order chi connectivity index (χ1) is 42.7. The van der Waals surface area contributed by atoms with Gasteiger partial charge in [0.05, 0.1) is 62.7 Å². The molecule has 0 amide bonds. The van der Waals surface area contributed by atoms with Gasteiger partial charge in [0.2, 0.25) is 0 Å². The first kappa shape index (κ1) is 60.3. The number of aromatic nitrogens is 6. The number of nitrogens with one attached hydrogen (secondary N) is 1. The molecule has 2 saturated heterocycles. The van der Waals surface area contributed by atoms with Gasteiger partial charge >= 0.3 is 13.4 Å². The van der Waals surface area contributed by atoms with Crippen LogP contribution in [0.2, 0.25) is 0 Å². The van der Waals surface area contributed by atoms with Gasteiger partial charge < -0.3 is 65.0 Å². The maximum absolute atomic E-state index is 13.6. The summed E-state index contributed by atoms with van der Waals surface area (Å²) >= 11 is 0. The van der Waals surface area contributed by atoms with E-state index in [4.69, 9.17) is 44.2 Å². The van der Waals surface area contributed by atoms with Gasteiger partial charge in [-0.05, 0) is 71.5 Å². The Balaban J connectivity index is 0.000000305. The highest BCUT2D eigenvalue weighted by molar-refractivity contribution is 6.00. The fraction of sp³-hybridized carbons (Fsp3) is 0.254. The molecule has 8 N–H and O–H groups in total. The van der Waals surface area contributed by atoms with Crippen LogP contribution in [0.4, 0.5) is 11.6 Å². The van der Waals surface area contributed by atoms with E-state index in [-0.39, 0.29) is 60.7 Å². The van der Waals surface area contributed by atoms with E-state index in [1.54, 1.807) is 17.7 Å². The summed E-state index contributed by atoms with van der Waals surface area (Å²) in [5.41, 5.74) is 8.10. The molecule has 2 aliphatic rings. The number of carbonyl (C=O) groups is 2. The lowest BCUT2D eigenvalue weighted by Gasteiger charge is -2.37. The van der Waals surface area contributed by atoms with Crippen LogP contribution in [-0.2, 0) is 49.0 Å². The number of aliphatic hydroxyl groups is 3. The Morgan fingerprint density at radius 3 is 1.66 bits per heavy atom. The smallest absolute Gasteiger partial charge is 0.497 e. The highest BCUT2D eigenvalue weighted by atomic mass is 16.6. The summed E-state index contributed by atoms with van der Waals surface area (Å²) in [5.74, 6) is -1.46. The van der Waals surface area contributed by atoms with E-state index in [0.717, 1.165) is 39.7 Å². The number of nitrogens with zero attached hydrogens (tertiary/aromatic N) is 6. The Labute approximate surface area is 507 Å². The predicted octanol–water partition coefficient (Wildman–Crippen LogP) is 8.72. The van der Waals surface area contributed by atoms with Gasteiger partial charge in [-0.2, -0.15) is 10.2 Å². The molecule has 6 heterocycles. The zero-order valence-electron chi connectivity index (χ0n) is 49.3. The Hall–Kier alpha value is -9.42. The molecular formula is C67H67N8O13+. The number of anilines is 2. The molecule has 2 aliphatic heterocycles. The number of rotatable bonds is 21. The average molecular weight is 1190 g/mol. The van der Waals surface area contributed by atoms with Crippen LogP contribution in [0.25, 0.3) is 11.0 Å². The van der Waals surface area contributed by atoms with Crippen LogP contribution in [0, 0.1) is 0 Å². The van der Waals surface area contributed by atoms with E-state index in [0.29, 0.717) is 18.1 Å². The van der Waals surface area contributed by atoms with Crippen molar-refractivity contribution >= 4 is 34.6 Å². The summed E-state index contributed by atoms with van der Waals surface area (Å²) in [6, 6.07) is 60.5. The molecule has 4 aromatic heterocycles. The Bertz CT molecular complexity index is 3960. The monoisotopic (exact) mass is 1190 g/mol. The number of carboxylic acids is 2. The van der Waals surface area contributed by atoms with Crippen molar-refractivity contribution < 1.29 is 65.0 Å². The number of fused-ring (bicyclic) bond motifs is 2. The van der Waals surface area contributed by atoms with Crippen molar-refractivity contribution in [2.45, 2.75) is 87.0 Å². The zero-order valence-corrected chi connectivity index (χ0v) is 48.3. The molecule has 6 aromatic carbocycles. The quantitative estimate of drug-likeness (QED) is 0.0331. The number of hydrogen-bond acceptors (Lipinski definition) is 17. The Kier molecular flexibility index (Phi) is 17.7. The molecule has 88 heavy (non-hydrogen) atoms. The van der Waals surface area contributed by atoms with Gasteiger partial charge in [0.15, 0.2) is 11.6 Å². The molecule has 8 atom stereocenters. The van der Waals surface area contributed by atoms with E-state index < -0.39 is 71.9 Å². The van der Waals surface area contributed by atoms with E-state index >= 15 is 0 Å². The number of nitrogens with two attached hydrogens (primary N) is 1. The molecule has 2 fully saturated rings. The summed E-state index contributed by atoms with van der Waals surface area (Å²) in [5, 5.41) is 62.8. The molecule has 21 nitrogen and oxygen atoms in total. The third-order valence-corrected chi connectivity index (χ3v) is 16.2. The largest absolute Gasteiger partial charge is 1.00 e. The number of ether oxygens (including phenoxy) is 6. The number of aliphatic hydroxyl groups excluding tert-OH is 2. The van der Waals surface area contributed by atoms with Crippen LogP contribution in [0.3, 0.4) is 0 Å². The Morgan fingerprint density at radius 1 is 0.648 bits per heavy atom. The van der Waals surface area contributed by atoms with Crippen LogP contribution in [-0.4, -0.2) is 123 Å². The fourth-order valence-electron chi connectivity index (χ4n) is 11.8. The molecule has 0 unspecified atom stereocenters. The van der Waals surface area contributed by atoms with Gasteiger partial charge in [-0.25, -0.2) is 28.6 Å². The van der Waals surface area contributed by atoms with Crippen molar-refractivity contribution in [2.24, 2.45) is 0 Å². The van der Waals surface area contributed by atoms with E-state index in [9.17, 15) is 35.1 Å². The average Bonchev–Trinajstić information content (AvgIpc) is 1.77. The highest BCUT2D eigenvalue weighted by Gasteiger charge is 2.58. The maximum atomic E-state index is 13.6. The lowest BCUT2D eigenvalue weighted by Crippen LogP contribution is -2.47. The maximum Gasteiger partial charge on any atom is 1.00 e. The summed E-state index contributed by atoms with van der Waals surface area (Å²) < 4.78 is 41.2. The molecule has 0 radical (unpaired) electrons. The van der Waals surface area contributed by atoms with Gasteiger partial charge in [-0.15, -0.1) is 0 Å². The van der Waals surface area contributed by atoms with Gasteiger partial charge in [0.25, 0.3) is 0 Å². The summed E-state index contributed by atoms with van der Waals surface area (Å²) in [6.07, 6.45) is -3.10. The normalized spacial score (nSPS) is 21.7.